The molecule has 0 aromatic carbocycles. The van der Waals surface area contributed by atoms with Crippen molar-refractivity contribution < 1.29 is 8.42 Å². The van der Waals surface area contributed by atoms with Crippen molar-refractivity contribution in [3.63, 3.8) is 0 Å². The fourth-order valence-corrected chi connectivity index (χ4v) is 3.92. The van der Waals surface area contributed by atoms with Crippen molar-refractivity contribution in [1.29, 1.82) is 0 Å². The molecular formula is C14H30N2O2S. The molecule has 0 amide bonds. The highest BCUT2D eigenvalue weighted by molar-refractivity contribution is 7.88. The van der Waals surface area contributed by atoms with Crippen LogP contribution < -0.4 is 5.32 Å². The predicted octanol–water partition coefficient (Wildman–Crippen LogP) is 2.07. The molecule has 0 aliphatic carbocycles. The molecule has 5 heteroatoms. The molecule has 1 aliphatic rings. The Kier molecular flexibility index (Phi) is 5.83. The Morgan fingerprint density at radius 2 is 2.00 bits per heavy atom. The monoisotopic (exact) mass is 290 g/mol. The normalized spacial score (nSPS) is 24.4. The molecule has 4 nitrogen and oxygen atoms in total. The highest BCUT2D eigenvalue weighted by Crippen LogP contribution is 2.28. The van der Waals surface area contributed by atoms with Gasteiger partial charge in [-0.1, -0.05) is 20.8 Å². The molecule has 0 bridgehead atoms. The van der Waals surface area contributed by atoms with E-state index in [-0.39, 0.29) is 5.41 Å². The molecule has 2 atom stereocenters. The first-order valence-electron chi connectivity index (χ1n) is 7.27. The van der Waals surface area contributed by atoms with Gasteiger partial charge in [-0.2, -0.15) is 0 Å². The Bertz CT molecular complexity index is 373. The Balaban J connectivity index is 2.49. The van der Waals surface area contributed by atoms with Gasteiger partial charge < -0.3 is 5.32 Å². The lowest BCUT2D eigenvalue weighted by Gasteiger charge is -2.34. The molecule has 0 radical (unpaired) electrons. The summed E-state index contributed by atoms with van der Waals surface area (Å²) in [6, 6.07) is 0.487. The van der Waals surface area contributed by atoms with E-state index in [9.17, 15) is 8.42 Å². The zero-order valence-corrected chi connectivity index (χ0v) is 13.9. The van der Waals surface area contributed by atoms with Gasteiger partial charge in [-0.15, -0.1) is 0 Å². The highest BCUT2D eigenvalue weighted by atomic mass is 32.2. The molecule has 0 aromatic heterocycles. The molecule has 0 aromatic rings. The van der Waals surface area contributed by atoms with Crippen LogP contribution in [-0.4, -0.2) is 45.2 Å². The SMILES string of the molecule is CNC(CCC1CCCN(S(C)(=O)=O)C1)C(C)(C)C. The van der Waals surface area contributed by atoms with Crippen LogP contribution in [0.5, 0.6) is 0 Å². The second kappa shape index (κ2) is 6.55. The minimum absolute atomic E-state index is 0.250. The van der Waals surface area contributed by atoms with Crippen molar-refractivity contribution in [3.05, 3.63) is 0 Å². The topological polar surface area (TPSA) is 49.4 Å². The van der Waals surface area contributed by atoms with Gasteiger partial charge in [-0.3, -0.25) is 0 Å². The third-order valence-corrected chi connectivity index (χ3v) is 5.48. The Hall–Kier alpha value is -0.130. The molecule has 1 N–H and O–H groups in total. The van der Waals surface area contributed by atoms with Gasteiger partial charge in [0.05, 0.1) is 6.26 Å². The molecule has 1 heterocycles. The smallest absolute Gasteiger partial charge is 0.211 e. The lowest BCUT2D eigenvalue weighted by Crippen LogP contribution is -2.41. The third-order valence-electron chi connectivity index (χ3n) is 4.21. The zero-order chi connectivity index (χ0) is 14.7. The number of nitrogens with zero attached hydrogens (tertiary/aromatic N) is 1. The van der Waals surface area contributed by atoms with Crippen LogP contribution in [0, 0.1) is 11.3 Å². The summed E-state index contributed by atoms with van der Waals surface area (Å²) in [4.78, 5) is 0. The van der Waals surface area contributed by atoms with Gasteiger partial charge in [0.25, 0.3) is 0 Å². The number of piperidine rings is 1. The van der Waals surface area contributed by atoms with Crippen molar-refractivity contribution in [3.8, 4) is 0 Å². The van der Waals surface area contributed by atoms with E-state index in [0.29, 0.717) is 25.0 Å². The van der Waals surface area contributed by atoms with E-state index in [2.05, 4.69) is 26.1 Å². The second-order valence-corrected chi connectivity index (χ2v) is 8.90. The van der Waals surface area contributed by atoms with Crippen LogP contribution in [0.25, 0.3) is 0 Å². The Labute approximate surface area is 119 Å². The highest BCUT2D eigenvalue weighted by Gasteiger charge is 2.28. The maximum atomic E-state index is 11.6. The van der Waals surface area contributed by atoms with Gasteiger partial charge in [0, 0.05) is 19.1 Å². The number of hydrogen-bond acceptors (Lipinski definition) is 3. The number of hydrogen-bond donors (Lipinski definition) is 1. The van der Waals surface area contributed by atoms with E-state index in [0.717, 1.165) is 25.7 Å². The molecule has 19 heavy (non-hydrogen) atoms. The molecule has 1 saturated heterocycles. The average molecular weight is 290 g/mol. The van der Waals surface area contributed by atoms with Gasteiger partial charge in [-0.05, 0) is 44.1 Å². The summed E-state index contributed by atoms with van der Waals surface area (Å²) in [6.07, 6.45) is 5.70. The van der Waals surface area contributed by atoms with Crippen molar-refractivity contribution in [2.45, 2.75) is 52.5 Å². The molecular weight excluding hydrogens is 260 g/mol. The predicted molar refractivity (Wildman–Crippen MR) is 80.7 cm³/mol. The van der Waals surface area contributed by atoms with Crippen molar-refractivity contribution in [2.24, 2.45) is 11.3 Å². The summed E-state index contributed by atoms with van der Waals surface area (Å²) in [7, 11) is -1.00. The molecule has 0 spiro atoms. The van der Waals surface area contributed by atoms with E-state index in [1.54, 1.807) is 4.31 Å². The van der Waals surface area contributed by atoms with Crippen LogP contribution in [-0.2, 0) is 10.0 Å². The molecule has 1 aliphatic heterocycles. The number of sulfonamides is 1. The maximum absolute atomic E-state index is 11.6. The van der Waals surface area contributed by atoms with Gasteiger partial charge in [-0.25, -0.2) is 12.7 Å². The summed E-state index contributed by atoms with van der Waals surface area (Å²) >= 11 is 0. The van der Waals surface area contributed by atoms with E-state index < -0.39 is 10.0 Å². The van der Waals surface area contributed by atoms with Crippen LogP contribution >= 0.6 is 0 Å². The third kappa shape index (κ3) is 5.40. The van der Waals surface area contributed by atoms with Crippen LogP contribution in [0.4, 0.5) is 0 Å². The summed E-state index contributed by atoms with van der Waals surface area (Å²) in [5.41, 5.74) is 0.250. The minimum atomic E-state index is -3.01. The van der Waals surface area contributed by atoms with Gasteiger partial charge in [0.15, 0.2) is 0 Å². The van der Waals surface area contributed by atoms with Gasteiger partial charge in [0.1, 0.15) is 0 Å². The van der Waals surface area contributed by atoms with Crippen molar-refractivity contribution in [2.75, 3.05) is 26.4 Å². The van der Waals surface area contributed by atoms with Crippen LogP contribution in [0.15, 0.2) is 0 Å². The summed E-state index contributed by atoms with van der Waals surface area (Å²) in [5, 5.41) is 3.39. The Morgan fingerprint density at radius 1 is 1.37 bits per heavy atom. The summed E-state index contributed by atoms with van der Waals surface area (Å²) < 4.78 is 24.8. The van der Waals surface area contributed by atoms with E-state index in [1.165, 1.54) is 6.26 Å². The van der Waals surface area contributed by atoms with E-state index in [4.69, 9.17) is 0 Å². The number of nitrogens with one attached hydrogen (secondary N) is 1. The fraction of sp³-hybridized carbons (Fsp3) is 1.00. The van der Waals surface area contributed by atoms with Gasteiger partial charge >= 0.3 is 0 Å². The standard InChI is InChI=1S/C14H30N2O2S/c1-14(2,3)13(15-4)9-8-12-7-6-10-16(11-12)19(5,17)18/h12-13,15H,6-11H2,1-5H3. The van der Waals surface area contributed by atoms with Crippen LogP contribution in [0.2, 0.25) is 0 Å². The van der Waals surface area contributed by atoms with E-state index in [1.807, 2.05) is 7.05 Å². The first kappa shape index (κ1) is 16.9. The van der Waals surface area contributed by atoms with E-state index >= 15 is 0 Å². The van der Waals surface area contributed by atoms with Crippen molar-refractivity contribution >= 4 is 10.0 Å². The Morgan fingerprint density at radius 3 is 2.47 bits per heavy atom. The first-order chi connectivity index (χ1) is 8.64. The largest absolute Gasteiger partial charge is 0.316 e. The quantitative estimate of drug-likeness (QED) is 0.843. The van der Waals surface area contributed by atoms with Crippen molar-refractivity contribution in [1.82, 2.24) is 9.62 Å². The summed E-state index contributed by atoms with van der Waals surface area (Å²) in [6.45, 7) is 8.15. The molecule has 2 unspecified atom stereocenters. The fourth-order valence-electron chi connectivity index (χ4n) is 2.98. The first-order valence-corrected chi connectivity index (χ1v) is 9.12. The molecule has 0 saturated carbocycles. The zero-order valence-electron chi connectivity index (χ0n) is 13.1. The minimum Gasteiger partial charge on any atom is -0.316 e. The van der Waals surface area contributed by atoms with Crippen LogP contribution in [0.3, 0.4) is 0 Å². The van der Waals surface area contributed by atoms with Gasteiger partial charge in [0.2, 0.25) is 10.0 Å². The molecule has 114 valence electrons. The lowest BCUT2D eigenvalue weighted by atomic mass is 9.81. The number of rotatable bonds is 5. The lowest BCUT2D eigenvalue weighted by molar-refractivity contribution is 0.214. The maximum Gasteiger partial charge on any atom is 0.211 e. The average Bonchev–Trinajstić information content (AvgIpc) is 2.27. The summed E-state index contributed by atoms with van der Waals surface area (Å²) in [5.74, 6) is 0.515. The second-order valence-electron chi connectivity index (χ2n) is 6.91. The van der Waals surface area contributed by atoms with Crippen LogP contribution in [0.1, 0.15) is 46.5 Å². The molecule has 1 rings (SSSR count). The molecule has 1 fully saturated rings.